The highest BCUT2D eigenvalue weighted by molar-refractivity contribution is 5.97. The number of amides is 2. The molecule has 3 aromatic rings. The van der Waals surface area contributed by atoms with Crippen LogP contribution in [0.2, 0.25) is 0 Å². The van der Waals surface area contributed by atoms with Gasteiger partial charge in [-0.25, -0.2) is 0 Å². The van der Waals surface area contributed by atoms with Crippen LogP contribution >= 0.6 is 0 Å². The Bertz CT molecular complexity index is 1060. The predicted molar refractivity (Wildman–Crippen MR) is 111 cm³/mol. The molecule has 2 aromatic carbocycles. The number of benzene rings is 2. The van der Waals surface area contributed by atoms with Crippen molar-refractivity contribution in [2.75, 3.05) is 13.7 Å². The van der Waals surface area contributed by atoms with Crippen LogP contribution in [0.5, 0.6) is 11.5 Å². The van der Waals surface area contributed by atoms with Crippen LogP contribution in [-0.4, -0.2) is 30.5 Å². The van der Waals surface area contributed by atoms with Crippen LogP contribution in [0.25, 0.3) is 10.9 Å². The van der Waals surface area contributed by atoms with Gasteiger partial charge in [0.05, 0.1) is 20.1 Å². The number of nitrogens with one attached hydrogen (secondary N) is 3. The molecule has 2 amide bonds. The SMILES string of the molecule is CCOc1ccc(C(=O)NNC(=O)Cc2c(C)[nH]c3ccc(C)cc23)cc1OC. The van der Waals surface area contributed by atoms with Gasteiger partial charge in [0.15, 0.2) is 11.5 Å². The first-order valence-electron chi connectivity index (χ1n) is 9.40. The van der Waals surface area contributed by atoms with E-state index in [1.165, 1.54) is 7.11 Å². The molecule has 0 spiro atoms. The molecule has 0 unspecified atom stereocenters. The van der Waals surface area contributed by atoms with E-state index in [0.29, 0.717) is 23.7 Å². The minimum absolute atomic E-state index is 0.155. The molecule has 0 aliphatic rings. The number of fused-ring (bicyclic) bond motifs is 1. The second-order valence-corrected chi connectivity index (χ2v) is 6.76. The molecule has 29 heavy (non-hydrogen) atoms. The van der Waals surface area contributed by atoms with Gasteiger partial charge in [0.1, 0.15) is 0 Å². The third kappa shape index (κ3) is 4.51. The summed E-state index contributed by atoms with van der Waals surface area (Å²) < 4.78 is 10.7. The normalized spacial score (nSPS) is 10.6. The van der Waals surface area contributed by atoms with E-state index in [-0.39, 0.29) is 12.3 Å². The first-order chi connectivity index (χ1) is 13.9. The third-order valence-corrected chi connectivity index (χ3v) is 4.65. The van der Waals surface area contributed by atoms with Crippen molar-refractivity contribution in [2.24, 2.45) is 0 Å². The lowest BCUT2D eigenvalue weighted by Gasteiger charge is -2.12. The molecule has 152 valence electrons. The molecule has 0 saturated carbocycles. The van der Waals surface area contributed by atoms with Crippen LogP contribution in [0, 0.1) is 13.8 Å². The summed E-state index contributed by atoms with van der Waals surface area (Å²) in [6.45, 7) is 6.30. The van der Waals surface area contributed by atoms with Gasteiger partial charge in [0.2, 0.25) is 5.91 Å². The zero-order valence-electron chi connectivity index (χ0n) is 17.0. The Kier molecular flexibility index (Phi) is 6.07. The molecule has 0 atom stereocenters. The molecule has 0 radical (unpaired) electrons. The van der Waals surface area contributed by atoms with E-state index in [0.717, 1.165) is 27.7 Å². The van der Waals surface area contributed by atoms with Crippen molar-refractivity contribution >= 4 is 22.7 Å². The van der Waals surface area contributed by atoms with Crippen molar-refractivity contribution in [3.63, 3.8) is 0 Å². The molecular weight excluding hydrogens is 370 g/mol. The first kappa shape index (κ1) is 20.3. The topological polar surface area (TPSA) is 92.5 Å². The Balaban J connectivity index is 1.66. The number of H-pyrrole nitrogens is 1. The Hall–Kier alpha value is -3.48. The van der Waals surface area contributed by atoms with Crippen molar-refractivity contribution < 1.29 is 19.1 Å². The van der Waals surface area contributed by atoms with E-state index in [1.54, 1.807) is 18.2 Å². The van der Waals surface area contributed by atoms with Crippen molar-refractivity contribution in [1.82, 2.24) is 15.8 Å². The fraction of sp³-hybridized carbons (Fsp3) is 0.273. The van der Waals surface area contributed by atoms with Gasteiger partial charge in [-0.05, 0) is 56.7 Å². The molecule has 0 fully saturated rings. The van der Waals surface area contributed by atoms with Gasteiger partial charge in [-0.3, -0.25) is 20.4 Å². The number of ether oxygens (including phenoxy) is 2. The molecule has 0 bridgehead atoms. The molecule has 3 N–H and O–H groups in total. The van der Waals surface area contributed by atoms with Gasteiger partial charge in [-0.2, -0.15) is 0 Å². The van der Waals surface area contributed by atoms with Crippen molar-refractivity contribution in [2.45, 2.75) is 27.2 Å². The number of carbonyl (C=O) groups excluding carboxylic acids is 2. The van der Waals surface area contributed by atoms with Crippen LogP contribution in [0.1, 0.15) is 34.1 Å². The third-order valence-electron chi connectivity index (χ3n) is 4.65. The fourth-order valence-corrected chi connectivity index (χ4v) is 3.21. The number of hydrogen-bond acceptors (Lipinski definition) is 4. The highest BCUT2D eigenvalue weighted by Crippen LogP contribution is 2.28. The molecule has 7 heteroatoms. The van der Waals surface area contributed by atoms with E-state index in [1.807, 2.05) is 39.0 Å². The molecule has 3 rings (SSSR count). The lowest BCUT2D eigenvalue weighted by molar-refractivity contribution is -0.121. The maximum Gasteiger partial charge on any atom is 0.269 e. The summed E-state index contributed by atoms with van der Waals surface area (Å²) in [7, 11) is 1.51. The van der Waals surface area contributed by atoms with Crippen LogP contribution in [0.15, 0.2) is 36.4 Å². The highest BCUT2D eigenvalue weighted by atomic mass is 16.5. The van der Waals surface area contributed by atoms with Gasteiger partial charge >= 0.3 is 0 Å². The quantitative estimate of drug-likeness (QED) is 0.559. The van der Waals surface area contributed by atoms with Crippen LogP contribution in [-0.2, 0) is 11.2 Å². The predicted octanol–water partition coefficient (Wildman–Crippen LogP) is 3.20. The van der Waals surface area contributed by atoms with E-state index < -0.39 is 5.91 Å². The minimum atomic E-state index is -0.439. The maximum atomic E-state index is 12.4. The highest BCUT2D eigenvalue weighted by Gasteiger charge is 2.15. The Morgan fingerprint density at radius 2 is 1.83 bits per heavy atom. The van der Waals surface area contributed by atoms with Crippen molar-refractivity contribution in [3.8, 4) is 11.5 Å². The van der Waals surface area contributed by atoms with Crippen molar-refractivity contribution in [1.29, 1.82) is 0 Å². The summed E-state index contributed by atoms with van der Waals surface area (Å²) in [5, 5.41) is 1.01. The average Bonchev–Trinajstić information content (AvgIpc) is 3.01. The lowest BCUT2D eigenvalue weighted by Crippen LogP contribution is -2.42. The molecule has 0 saturated heterocycles. The second-order valence-electron chi connectivity index (χ2n) is 6.76. The number of hydrogen-bond donors (Lipinski definition) is 3. The number of carbonyl (C=O) groups is 2. The smallest absolute Gasteiger partial charge is 0.269 e. The molecule has 0 aliphatic carbocycles. The first-order valence-corrected chi connectivity index (χ1v) is 9.40. The lowest BCUT2D eigenvalue weighted by atomic mass is 10.1. The summed E-state index contributed by atoms with van der Waals surface area (Å²) in [5.74, 6) is 0.268. The number of aryl methyl sites for hydroxylation is 2. The largest absolute Gasteiger partial charge is 0.493 e. The Morgan fingerprint density at radius 3 is 2.55 bits per heavy atom. The summed E-state index contributed by atoms with van der Waals surface area (Å²) in [5.41, 5.74) is 9.23. The van der Waals surface area contributed by atoms with Crippen LogP contribution in [0.4, 0.5) is 0 Å². The number of methoxy groups -OCH3 is 1. The summed E-state index contributed by atoms with van der Waals surface area (Å²) in [4.78, 5) is 28.1. The molecule has 1 heterocycles. The van der Waals surface area contributed by atoms with Gasteiger partial charge in [-0.15, -0.1) is 0 Å². The summed E-state index contributed by atoms with van der Waals surface area (Å²) in [6.07, 6.45) is 0.155. The molecule has 7 nitrogen and oxygen atoms in total. The van der Waals surface area contributed by atoms with E-state index >= 15 is 0 Å². The zero-order valence-corrected chi connectivity index (χ0v) is 17.0. The van der Waals surface area contributed by atoms with Crippen LogP contribution < -0.4 is 20.3 Å². The summed E-state index contributed by atoms with van der Waals surface area (Å²) in [6, 6.07) is 10.9. The monoisotopic (exact) mass is 395 g/mol. The van der Waals surface area contributed by atoms with Gasteiger partial charge < -0.3 is 14.5 Å². The van der Waals surface area contributed by atoms with Gasteiger partial charge in [0.25, 0.3) is 5.91 Å². The zero-order chi connectivity index (χ0) is 21.0. The molecular formula is C22H25N3O4. The van der Waals surface area contributed by atoms with Crippen molar-refractivity contribution in [3.05, 3.63) is 58.8 Å². The van der Waals surface area contributed by atoms with Crippen LogP contribution in [0.3, 0.4) is 0 Å². The Morgan fingerprint density at radius 1 is 1.03 bits per heavy atom. The summed E-state index contributed by atoms with van der Waals surface area (Å²) >= 11 is 0. The number of hydrazine groups is 1. The number of aromatic nitrogens is 1. The maximum absolute atomic E-state index is 12.4. The van der Waals surface area contributed by atoms with E-state index in [2.05, 4.69) is 15.8 Å². The standard InChI is InChI=1S/C22H25N3O4/c1-5-29-19-9-7-15(11-20(19)28-4)22(27)25-24-21(26)12-16-14(3)23-18-8-6-13(2)10-17(16)18/h6-11,23H,5,12H2,1-4H3,(H,24,26)(H,25,27). The Labute approximate surface area is 169 Å². The fourth-order valence-electron chi connectivity index (χ4n) is 3.21. The average molecular weight is 395 g/mol. The minimum Gasteiger partial charge on any atom is -0.493 e. The second kappa shape index (κ2) is 8.68. The number of aromatic amines is 1. The number of rotatable bonds is 6. The van der Waals surface area contributed by atoms with Gasteiger partial charge in [-0.1, -0.05) is 11.6 Å². The van der Waals surface area contributed by atoms with E-state index in [9.17, 15) is 9.59 Å². The molecule has 0 aliphatic heterocycles. The van der Waals surface area contributed by atoms with E-state index in [4.69, 9.17) is 9.47 Å². The molecule has 1 aromatic heterocycles. The van der Waals surface area contributed by atoms with Gasteiger partial charge in [0, 0.05) is 22.2 Å².